The van der Waals surface area contributed by atoms with Crippen molar-refractivity contribution in [2.24, 2.45) is 0 Å². The van der Waals surface area contributed by atoms with Crippen LogP contribution in [-0.4, -0.2) is 18.3 Å². The molecular weight excluding hydrogens is 286 g/mol. The van der Waals surface area contributed by atoms with Crippen molar-refractivity contribution in [1.29, 1.82) is 0 Å². The van der Waals surface area contributed by atoms with E-state index in [0.29, 0.717) is 5.69 Å². The van der Waals surface area contributed by atoms with Crippen LogP contribution in [0.25, 0.3) is 0 Å². The van der Waals surface area contributed by atoms with E-state index in [0.717, 1.165) is 29.3 Å². The molecule has 92 valence electrons. The fourth-order valence-corrected chi connectivity index (χ4v) is 2.70. The van der Waals surface area contributed by atoms with E-state index in [9.17, 15) is 4.79 Å². The predicted octanol–water partition coefficient (Wildman–Crippen LogP) is 2.84. The summed E-state index contributed by atoms with van der Waals surface area (Å²) in [4.78, 5) is 11.9. The molecule has 2 N–H and O–H groups in total. The molecule has 1 aliphatic rings. The van der Waals surface area contributed by atoms with E-state index in [1.807, 2.05) is 12.1 Å². The minimum absolute atomic E-state index is 0.234. The summed E-state index contributed by atoms with van der Waals surface area (Å²) in [5, 5.41) is 9.16. The zero-order chi connectivity index (χ0) is 12.5. The molecule has 0 aromatic heterocycles. The van der Waals surface area contributed by atoms with Gasteiger partial charge in [-0.15, -0.1) is 0 Å². The SMILES string of the molecule is COC(=O)C1(c2ccc(Br)cc2NO)CCC1. The molecule has 1 saturated carbocycles. The number of esters is 1. The summed E-state index contributed by atoms with van der Waals surface area (Å²) >= 11 is 3.33. The lowest BCUT2D eigenvalue weighted by Gasteiger charge is -2.40. The van der Waals surface area contributed by atoms with Crippen LogP contribution in [0.5, 0.6) is 0 Å². The van der Waals surface area contributed by atoms with Crippen LogP contribution < -0.4 is 5.48 Å². The van der Waals surface area contributed by atoms with E-state index in [2.05, 4.69) is 21.4 Å². The van der Waals surface area contributed by atoms with Gasteiger partial charge in [-0.1, -0.05) is 28.4 Å². The Hall–Kier alpha value is -1.07. The van der Waals surface area contributed by atoms with Crippen molar-refractivity contribution in [3.63, 3.8) is 0 Å². The van der Waals surface area contributed by atoms with Gasteiger partial charge in [0.2, 0.25) is 0 Å². The first kappa shape index (κ1) is 12.4. The molecule has 0 radical (unpaired) electrons. The smallest absolute Gasteiger partial charge is 0.316 e. The fourth-order valence-electron chi connectivity index (χ4n) is 2.34. The van der Waals surface area contributed by atoms with Gasteiger partial charge in [-0.3, -0.25) is 15.5 Å². The molecule has 0 heterocycles. The molecular formula is C12H14BrNO3. The number of rotatable bonds is 3. The number of hydrogen-bond donors (Lipinski definition) is 2. The number of halogens is 1. The number of nitrogens with one attached hydrogen (secondary N) is 1. The fraction of sp³-hybridized carbons (Fsp3) is 0.417. The number of benzene rings is 1. The minimum Gasteiger partial charge on any atom is -0.468 e. The third-order valence-corrected chi connectivity index (χ3v) is 3.89. The first-order chi connectivity index (χ1) is 8.14. The molecule has 1 aromatic rings. The van der Waals surface area contributed by atoms with Crippen LogP contribution in [0.2, 0.25) is 0 Å². The second-order valence-corrected chi connectivity index (χ2v) is 5.14. The molecule has 1 aliphatic carbocycles. The highest BCUT2D eigenvalue weighted by Crippen LogP contribution is 2.47. The highest BCUT2D eigenvalue weighted by atomic mass is 79.9. The van der Waals surface area contributed by atoms with Crippen LogP contribution >= 0.6 is 15.9 Å². The number of anilines is 1. The molecule has 0 atom stereocenters. The van der Waals surface area contributed by atoms with Crippen molar-refractivity contribution < 1.29 is 14.7 Å². The van der Waals surface area contributed by atoms with Gasteiger partial charge in [0.15, 0.2) is 0 Å². The predicted molar refractivity (Wildman–Crippen MR) is 67.1 cm³/mol. The third kappa shape index (κ3) is 1.93. The third-order valence-electron chi connectivity index (χ3n) is 3.40. The molecule has 0 bridgehead atoms. The second-order valence-electron chi connectivity index (χ2n) is 4.23. The lowest BCUT2D eigenvalue weighted by Crippen LogP contribution is -2.43. The minimum atomic E-state index is -0.597. The van der Waals surface area contributed by atoms with Gasteiger partial charge in [0.1, 0.15) is 0 Å². The summed E-state index contributed by atoms with van der Waals surface area (Å²) in [6.45, 7) is 0. The Morgan fingerprint density at radius 3 is 2.71 bits per heavy atom. The van der Waals surface area contributed by atoms with E-state index < -0.39 is 5.41 Å². The largest absolute Gasteiger partial charge is 0.468 e. The molecule has 0 saturated heterocycles. The molecule has 2 rings (SSSR count). The molecule has 0 amide bonds. The van der Waals surface area contributed by atoms with Crippen molar-refractivity contribution in [3.8, 4) is 0 Å². The molecule has 1 fully saturated rings. The van der Waals surface area contributed by atoms with Crippen molar-refractivity contribution in [2.45, 2.75) is 24.7 Å². The van der Waals surface area contributed by atoms with Gasteiger partial charge in [-0.25, -0.2) is 0 Å². The van der Waals surface area contributed by atoms with Gasteiger partial charge in [0, 0.05) is 4.47 Å². The normalized spacial score (nSPS) is 17.1. The highest BCUT2D eigenvalue weighted by Gasteiger charge is 2.48. The summed E-state index contributed by atoms with van der Waals surface area (Å²) in [5.41, 5.74) is 2.89. The summed E-state index contributed by atoms with van der Waals surface area (Å²) in [5.74, 6) is -0.234. The molecule has 4 nitrogen and oxygen atoms in total. The van der Waals surface area contributed by atoms with Crippen molar-refractivity contribution in [3.05, 3.63) is 28.2 Å². The van der Waals surface area contributed by atoms with E-state index in [4.69, 9.17) is 9.94 Å². The van der Waals surface area contributed by atoms with E-state index >= 15 is 0 Å². The molecule has 0 aliphatic heterocycles. The number of ether oxygens (including phenoxy) is 1. The second kappa shape index (κ2) is 4.66. The van der Waals surface area contributed by atoms with Crippen LogP contribution in [0.15, 0.2) is 22.7 Å². The van der Waals surface area contributed by atoms with Gasteiger partial charge >= 0.3 is 5.97 Å². The Bertz CT molecular complexity index is 443. The first-order valence-electron chi connectivity index (χ1n) is 5.42. The molecule has 1 aromatic carbocycles. The molecule has 0 spiro atoms. The Morgan fingerprint density at radius 2 is 2.24 bits per heavy atom. The van der Waals surface area contributed by atoms with Gasteiger partial charge in [-0.05, 0) is 30.5 Å². The zero-order valence-electron chi connectivity index (χ0n) is 9.50. The maximum atomic E-state index is 11.9. The van der Waals surface area contributed by atoms with Crippen LogP contribution in [0.1, 0.15) is 24.8 Å². The molecule has 0 unspecified atom stereocenters. The first-order valence-corrected chi connectivity index (χ1v) is 6.22. The average molecular weight is 300 g/mol. The number of hydrogen-bond acceptors (Lipinski definition) is 4. The lowest BCUT2D eigenvalue weighted by molar-refractivity contribution is -0.151. The quantitative estimate of drug-likeness (QED) is 0.665. The topological polar surface area (TPSA) is 58.6 Å². The Kier molecular flexibility index (Phi) is 3.40. The lowest BCUT2D eigenvalue weighted by atomic mass is 9.64. The highest BCUT2D eigenvalue weighted by molar-refractivity contribution is 9.10. The molecule has 5 heteroatoms. The van der Waals surface area contributed by atoms with Crippen molar-refractivity contribution in [1.82, 2.24) is 0 Å². The number of carbonyl (C=O) groups is 1. The maximum Gasteiger partial charge on any atom is 0.316 e. The maximum absolute atomic E-state index is 11.9. The summed E-state index contributed by atoms with van der Waals surface area (Å²) in [6, 6.07) is 5.45. The average Bonchev–Trinajstić information content (AvgIpc) is 2.29. The van der Waals surface area contributed by atoms with Gasteiger partial charge in [0.05, 0.1) is 18.2 Å². The standard InChI is InChI=1S/C12H14BrNO3/c1-17-11(15)12(5-2-6-12)9-4-3-8(13)7-10(9)14-16/h3-4,7,14,16H,2,5-6H2,1H3. The summed E-state index contributed by atoms with van der Waals surface area (Å²) < 4.78 is 5.73. The van der Waals surface area contributed by atoms with Gasteiger partial charge in [0.25, 0.3) is 0 Å². The summed E-state index contributed by atoms with van der Waals surface area (Å²) in [6.07, 6.45) is 2.52. The van der Waals surface area contributed by atoms with Crippen LogP contribution in [0.4, 0.5) is 5.69 Å². The van der Waals surface area contributed by atoms with Gasteiger partial charge in [-0.2, -0.15) is 0 Å². The van der Waals surface area contributed by atoms with Gasteiger partial charge < -0.3 is 4.74 Å². The zero-order valence-corrected chi connectivity index (χ0v) is 11.1. The van der Waals surface area contributed by atoms with Crippen LogP contribution in [0, 0.1) is 0 Å². The Balaban J connectivity index is 2.47. The summed E-state index contributed by atoms with van der Waals surface area (Å²) in [7, 11) is 1.40. The molecule has 17 heavy (non-hydrogen) atoms. The van der Waals surface area contributed by atoms with E-state index in [1.54, 1.807) is 6.07 Å². The Labute approximate surface area is 108 Å². The Morgan fingerprint density at radius 1 is 1.53 bits per heavy atom. The number of carbonyl (C=O) groups excluding carboxylic acids is 1. The van der Waals surface area contributed by atoms with E-state index in [1.165, 1.54) is 7.11 Å². The van der Waals surface area contributed by atoms with Crippen molar-refractivity contribution in [2.75, 3.05) is 12.6 Å². The monoisotopic (exact) mass is 299 g/mol. The number of methoxy groups -OCH3 is 1. The van der Waals surface area contributed by atoms with E-state index in [-0.39, 0.29) is 5.97 Å². The van der Waals surface area contributed by atoms with Crippen LogP contribution in [0.3, 0.4) is 0 Å². The van der Waals surface area contributed by atoms with Crippen molar-refractivity contribution >= 4 is 27.6 Å². The van der Waals surface area contributed by atoms with Crippen LogP contribution in [-0.2, 0) is 14.9 Å².